The number of rotatable bonds is 10. The third-order valence-electron chi connectivity index (χ3n) is 6.11. The van der Waals surface area contributed by atoms with Gasteiger partial charge in [0, 0.05) is 38.2 Å². The topological polar surface area (TPSA) is 162 Å². The summed E-state index contributed by atoms with van der Waals surface area (Å²) in [6.45, 7) is 4.68. The van der Waals surface area contributed by atoms with Crippen molar-refractivity contribution in [2.24, 2.45) is 0 Å². The largest absolute Gasteiger partial charge is 0.481 e. The molecule has 0 radical (unpaired) electrons. The van der Waals surface area contributed by atoms with Gasteiger partial charge in [0.15, 0.2) is 5.82 Å². The monoisotopic (exact) mass is 527 g/mol. The molecule has 0 saturated carbocycles. The molecule has 2 heterocycles. The van der Waals surface area contributed by atoms with Gasteiger partial charge in [0.2, 0.25) is 5.91 Å². The highest BCUT2D eigenvalue weighted by molar-refractivity contribution is 5.96. The van der Waals surface area contributed by atoms with Crippen molar-refractivity contribution in [3.8, 4) is 11.4 Å². The summed E-state index contributed by atoms with van der Waals surface area (Å²) in [7, 11) is 0. The van der Waals surface area contributed by atoms with E-state index in [-0.39, 0.29) is 62.8 Å². The SMILES string of the molecule is CCOC(=O)N1CCN(C(=O)C(CCC(=O)O)NC(=O)c2cc(C(O)CC)nc(-c3ccccc3)n2)CC1. The number of carboxylic acid groups (broad SMARTS) is 1. The molecule has 0 spiro atoms. The second kappa shape index (κ2) is 13.5. The van der Waals surface area contributed by atoms with Crippen LogP contribution in [0.2, 0.25) is 0 Å². The van der Waals surface area contributed by atoms with Crippen LogP contribution in [0.15, 0.2) is 36.4 Å². The molecule has 1 fully saturated rings. The van der Waals surface area contributed by atoms with Crippen molar-refractivity contribution in [2.75, 3.05) is 32.8 Å². The number of hydrogen-bond acceptors (Lipinski definition) is 8. The number of carbonyl (C=O) groups excluding carboxylic acids is 3. The first-order chi connectivity index (χ1) is 18.2. The highest BCUT2D eigenvalue weighted by Crippen LogP contribution is 2.21. The second-order valence-electron chi connectivity index (χ2n) is 8.76. The molecule has 12 nitrogen and oxygen atoms in total. The van der Waals surface area contributed by atoms with Crippen LogP contribution in [0.25, 0.3) is 11.4 Å². The summed E-state index contributed by atoms with van der Waals surface area (Å²) in [6.07, 6.45) is -1.48. The first-order valence-corrected chi connectivity index (χ1v) is 12.6. The lowest BCUT2D eigenvalue weighted by molar-refractivity contribution is -0.138. The third-order valence-corrected chi connectivity index (χ3v) is 6.11. The molecule has 204 valence electrons. The number of aliphatic hydroxyl groups excluding tert-OH is 1. The molecule has 2 atom stereocenters. The summed E-state index contributed by atoms with van der Waals surface area (Å²) in [6, 6.07) is 9.21. The standard InChI is InChI=1S/C26H33N5O7/c1-3-21(32)19-16-20(28-23(27-19)17-8-6-5-7-9-17)24(35)29-18(10-11-22(33)34)25(36)30-12-14-31(15-13-30)26(37)38-4-2/h5-9,16,18,21,32H,3-4,10-15H2,1-2H3,(H,29,35)(H,33,34). The number of ether oxygens (including phenoxy) is 1. The zero-order valence-corrected chi connectivity index (χ0v) is 21.5. The molecule has 0 aliphatic carbocycles. The molecule has 1 aliphatic heterocycles. The van der Waals surface area contributed by atoms with E-state index in [9.17, 15) is 29.4 Å². The number of hydrogen-bond donors (Lipinski definition) is 3. The summed E-state index contributed by atoms with van der Waals surface area (Å²) < 4.78 is 5.00. The Labute approximate surface area is 220 Å². The minimum atomic E-state index is -1.12. The van der Waals surface area contributed by atoms with Crippen LogP contribution < -0.4 is 5.32 Å². The van der Waals surface area contributed by atoms with Gasteiger partial charge in [-0.15, -0.1) is 0 Å². The number of nitrogens with zero attached hydrogens (tertiary/aromatic N) is 4. The summed E-state index contributed by atoms with van der Waals surface area (Å²) >= 11 is 0. The van der Waals surface area contributed by atoms with Crippen LogP contribution >= 0.6 is 0 Å². The maximum atomic E-state index is 13.3. The van der Waals surface area contributed by atoms with Gasteiger partial charge in [-0.1, -0.05) is 37.3 Å². The maximum Gasteiger partial charge on any atom is 0.409 e. The first-order valence-electron chi connectivity index (χ1n) is 12.6. The van der Waals surface area contributed by atoms with Gasteiger partial charge in [-0.25, -0.2) is 14.8 Å². The highest BCUT2D eigenvalue weighted by Gasteiger charge is 2.31. The number of carboxylic acids is 1. The van der Waals surface area contributed by atoms with Crippen LogP contribution in [0.1, 0.15) is 55.4 Å². The number of benzene rings is 1. The molecule has 2 aromatic rings. The van der Waals surface area contributed by atoms with Crippen molar-refractivity contribution in [1.29, 1.82) is 0 Å². The number of nitrogens with one attached hydrogen (secondary N) is 1. The second-order valence-corrected chi connectivity index (χ2v) is 8.76. The van der Waals surface area contributed by atoms with Crippen LogP contribution in [0.4, 0.5) is 4.79 Å². The molecule has 3 N–H and O–H groups in total. The van der Waals surface area contributed by atoms with Gasteiger partial charge >= 0.3 is 12.1 Å². The fraction of sp³-hybridized carbons (Fsp3) is 0.462. The van der Waals surface area contributed by atoms with E-state index in [0.717, 1.165) is 0 Å². The smallest absolute Gasteiger partial charge is 0.409 e. The summed E-state index contributed by atoms with van der Waals surface area (Å²) in [4.78, 5) is 61.5. The molecule has 3 rings (SSSR count). The lowest BCUT2D eigenvalue weighted by atomic mass is 10.1. The van der Waals surface area contributed by atoms with Gasteiger partial charge < -0.3 is 30.1 Å². The molecule has 3 amide bonds. The van der Waals surface area contributed by atoms with Gasteiger partial charge in [0.1, 0.15) is 11.7 Å². The zero-order valence-electron chi connectivity index (χ0n) is 21.5. The Hall–Kier alpha value is -4.06. The van der Waals surface area contributed by atoms with E-state index in [0.29, 0.717) is 12.0 Å². The molecule has 12 heteroatoms. The number of amides is 3. The van der Waals surface area contributed by atoms with E-state index in [1.165, 1.54) is 15.9 Å². The minimum absolute atomic E-state index is 0.0541. The highest BCUT2D eigenvalue weighted by atomic mass is 16.6. The number of aromatic nitrogens is 2. The molecule has 0 bridgehead atoms. The fourth-order valence-electron chi connectivity index (χ4n) is 3.98. The summed E-state index contributed by atoms with van der Waals surface area (Å²) in [5, 5.41) is 22.2. The Morgan fingerprint density at radius 2 is 1.68 bits per heavy atom. The maximum absolute atomic E-state index is 13.3. The molecular formula is C26H33N5O7. The van der Waals surface area contributed by atoms with Crippen molar-refractivity contribution in [1.82, 2.24) is 25.1 Å². The number of aliphatic hydroxyl groups is 1. The van der Waals surface area contributed by atoms with Gasteiger partial charge in [0.05, 0.1) is 18.4 Å². The predicted octanol–water partition coefficient (Wildman–Crippen LogP) is 1.85. The Kier molecular flexibility index (Phi) is 10.1. The quantitative estimate of drug-likeness (QED) is 0.418. The van der Waals surface area contributed by atoms with Gasteiger partial charge in [-0.3, -0.25) is 14.4 Å². The van der Waals surface area contributed by atoms with Crippen LogP contribution in [0, 0.1) is 0 Å². The van der Waals surface area contributed by atoms with Crippen molar-refractivity contribution < 1.29 is 34.1 Å². The predicted molar refractivity (Wildman–Crippen MR) is 136 cm³/mol. The van der Waals surface area contributed by atoms with E-state index in [1.807, 2.05) is 6.07 Å². The number of aliphatic carboxylic acids is 1. The molecule has 38 heavy (non-hydrogen) atoms. The van der Waals surface area contributed by atoms with E-state index >= 15 is 0 Å². The van der Waals surface area contributed by atoms with Crippen molar-refractivity contribution >= 4 is 23.9 Å². The van der Waals surface area contributed by atoms with Crippen LogP contribution in [0.3, 0.4) is 0 Å². The van der Waals surface area contributed by atoms with E-state index in [2.05, 4.69) is 15.3 Å². The van der Waals surface area contributed by atoms with Crippen LogP contribution in [-0.4, -0.2) is 92.7 Å². The molecule has 2 unspecified atom stereocenters. The molecule has 1 saturated heterocycles. The minimum Gasteiger partial charge on any atom is -0.481 e. The lowest BCUT2D eigenvalue weighted by Crippen LogP contribution is -2.56. The van der Waals surface area contributed by atoms with Gasteiger partial charge in [0.25, 0.3) is 5.91 Å². The molecule has 1 aromatic carbocycles. The number of carbonyl (C=O) groups is 4. The van der Waals surface area contributed by atoms with Crippen LogP contribution in [0.5, 0.6) is 0 Å². The van der Waals surface area contributed by atoms with Crippen LogP contribution in [-0.2, 0) is 14.3 Å². The number of piperazine rings is 1. The van der Waals surface area contributed by atoms with E-state index < -0.39 is 36.0 Å². The Morgan fingerprint density at radius 1 is 1.03 bits per heavy atom. The van der Waals surface area contributed by atoms with Gasteiger partial charge in [-0.05, 0) is 25.8 Å². The first kappa shape index (κ1) is 28.5. The molecular weight excluding hydrogens is 494 g/mol. The average Bonchev–Trinajstić information content (AvgIpc) is 2.94. The van der Waals surface area contributed by atoms with E-state index in [4.69, 9.17) is 4.74 Å². The normalized spacial score (nSPS) is 14.9. The fourth-order valence-corrected chi connectivity index (χ4v) is 3.98. The molecule has 1 aliphatic rings. The van der Waals surface area contributed by atoms with Gasteiger partial charge in [-0.2, -0.15) is 0 Å². The van der Waals surface area contributed by atoms with E-state index in [1.54, 1.807) is 38.1 Å². The average molecular weight is 528 g/mol. The molecule has 1 aromatic heterocycles. The lowest BCUT2D eigenvalue weighted by Gasteiger charge is -2.35. The van der Waals surface area contributed by atoms with Crippen molar-refractivity contribution in [2.45, 2.75) is 45.3 Å². The van der Waals surface area contributed by atoms with Crippen molar-refractivity contribution in [3.63, 3.8) is 0 Å². The Morgan fingerprint density at radius 3 is 2.29 bits per heavy atom. The Bertz CT molecular complexity index is 1140. The summed E-state index contributed by atoms with van der Waals surface area (Å²) in [5.41, 5.74) is 0.848. The zero-order chi connectivity index (χ0) is 27.7. The summed E-state index contributed by atoms with van der Waals surface area (Å²) in [5.74, 6) is -2.01. The Balaban J connectivity index is 1.81. The van der Waals surface area contributed by atoms with Crippen molar-refractivity contribution in [3.05, 3.63) is 47.8 Å². The third kappa shape index (κ3) is 7.48.